The molecule has 0 radical (unpaired) electrons. The molecule has 0 saturated carbocycles. The molecule has 0 bridgehead atoms. The van der Waals surface area contributed by atoms with Crippen molar-refractivity contribution in [3.63, 3.8) is 0 Å². The minimum Gasteiger partial charge on any atom is -0.454 e. The van der Waals surface area contributed by atoms with Crippen LogP contribution in [0.5, 0.6) is 0 Å². The third-order valence-electron chi connectivity index (χ3n) is 3.54. The van der Waals surface area contributed by atoms with Crippen molar-refractivity contribution in [1.82, 2.24) is 0 Å². The van der Waals surface area contributed by atoms with Crippen LogP contribution in [0.25, 0.3) is 0 Å². The number of carbonyl (C=O) groups is 3. The van der Waals surface area contributed by atoms with E-state index in [0.717, 1.165) is 0 Å². The zero-order valence-corrected chi connectivity index (χ0v) is 13.5. The SMILES string of the molecule is CCC(C)(C(=O)OCC(=O)OCC(=O)OCC(F)(F)F)C(C)C. The molecule has 0 heterocycles. The maximum Gasteiger partial charge on any atom is 0.422 e. The van der Waals surface area contributed by atoms with Crippen LogP contribution in [0.2, 0.25) is 0 Å². The molecule has 23 heavy (non-hydrogen) atoms. The van der Waals surface area contributed by atoms with Crippen molar-refractivity contribution < 1.29 is 41.8 Å². The standard InChI is InChI=1S/C14H21F3O6/c1-5-13(4,9(2)3)12(20)22-7-10(18)21-6-11(19)23-8-14(15,16)17/h9H,5-8H2,1-4H3. The molecule has 0 aliphatic rings. The molecule has 1 unspecified atom stereocenters. The van der Waals surface area contributed by atoms with Gasteiger partial charge in [-0.05, 0) is 19.3 Å². The second-order valence-electron chi connectivity index (χ2n) is 5.44. The fourth-order valence-corrected chi connectivity index (χ4v) is 1.46. The molecule has 0 aromatic rings. The van der Waals surface area contributed by atoms with Crippen LogP contribution in [0, 0.1) is 11.3 Å². The molecule has 0 saturated heterocycles. The van der Waals surface area contributed by atoms with Gasteiger partial charge in [0.15, 0.2) is 19.8 Å². The van der Waals surface area contributed by atoms with Gasteiger partial charge in [-0.25, -0.2) is 9.59 Å². The van der Waals surface area contributed by atoms with Gasteiger partial charge >= 0.3 is 24.1 Å². The normalized spacial score (nSPS) is 14.1. The van der Waals surface area contributed by atoms with Gasteiger partial charge in [-0.15, -0.1) is 0 Å². The second-order valence-corrected chi connectivity index (χ2v) is 5.44. The van der Waals surface area contributed by atoms with E-state index in [2.05, 4.69) is 9.47 Å². The van der Waals surface area contributed by atoms with E-state index in [1.807, 2.05) is 13.8 Å². The number of rotatable bonds is 8. The molecule has 0 fully saturated rings. The van der Waals surface area contributed by atoms with Gasteiger partial charge in [-0.2, -0.15) is 13.2 Å². The molecular formula is C14H21F3O6. The topological polar surface area (TPSA) is 78.9 Å². The van der Waals surface area contributed by atoms with Crippen molar-refractivity contribution in [1.29, 1.82) is 0 Å². The van der Waals surface area contributed by atoms with Crippen LogP contribution in [-0.2, 0) is 28.6 Å². The first-order valence-corrected chi connectivity index (χ1v) is 6.97. The zero-order chi connectivity index (χ0) is 18.3. The molecule has 6 nitrogen and oxygen atoms in total. The zero-order valence-electron chi connectivity index (χ0n) is 13.5. The van der Waals surface area contributed by atoms with Gasteiger partial charge in [0.05, 0.1) is 5.41 Å². The molecule has 0 spiro atoms. The molecule has 0 aromatic heterocycles. The molecule has 0 aromatic carbocycles. The maximum atomic E-state index is 11.9. The highest BCUT2D eigenvalue weighted by molar-refractivity contribution is 5.81. The molecule has 1 atom stereocenters. The lowest BCUT2D eigenvalue weighted by Gasteiger charge is -2.29. The molecule has 9 heteroatoms. The minimum atomic E-state index is -4.66. The molecule has 0 rings (SSSR count). The Morgan fingerprint density at radius 3 is 1.87 bits per heavy atom. The number of halogens is 3. The van der Waals surface area contributed by atoms with Crippen LogP contribution >= 0.6 is 0 Å². The van der Waals surface area contributed by atoms with Crippen molar-refractivity contribution in [2.45, 2.75) is 40.3 Å². The summed E-state index contributed by atoms with van der Waals surface area (Å²) in [6, 6.07) is 0. The van der Waals surface area contributed by atoms with E-state index in [0.29, 0.717) is 6.42 Å². The highest BCUT2D eigenvalue weighted by Gasteiger charge is 2.36. The van der Waals surface area contributed by atoms with Crippen LogP contribution < -0.4 is 0 Å². The van der Waals surface area contributed by atoms with Crippen molar-refractivity contribution in [3.05, 3.63) is 0 Å². The Hall–Kier alpha value is -1.80. The monoisotopic (exact) mass is 342 g/mol. The lowest BCUT2D eigenvalue weighted by molar-refractivity contribution is -0.190. The summed E-state index contributed by atoms with van der Waals surface area (Å²) in [6.07, 6.45) is -4.15. The third kappa shape index (κ3) is 7.85. The fourth-order valence-electron chi connectivity index (χ4n) is 1.46. The van der Waals surface area contributed by atoms with Gasteiger partial charge in [-0.3, -0.25) is 4.79 Å². The largest absolute Gasteiger partial charge is 0.454 e. The van der Waals surface area contributed by atoms with E-state index in [1.54, 1.807) is 13.8 Å². The number of hydrogen-bond donors (Lipinski definition) is 0. The quantitative estimate of drug-likeness (QED) is 0.497. The van der Waals surface area contributed by atoms with Crippen LogP contribution in [0.15, 0.2) is 0 Å². The Kier molecular flexibility index (Phi) is 8.05. The van der Waals surface area contributed by atoms with Gasteiger partial charge in [0.2, 0.25) is 0 Å². The lowest BCUT2D eigenvalue weighted by atomic mass is 9.77. The van der Waals surface area contributed by atoms with Crippen molar-refractivity contribution >= 4 is 17.9 Å². The second kappa shape index (κ2) is 8.73. The Balaban J connectivity index is 4.18. The molecule has 0 aliphatic heterocycles. The first-order valence-electron chi connectivity index (χ1n) is 6.97. The summed E-state index contributed by atoms with van der Waals surface area (Å²) in [7, 11) is 0. The van der Waals surface area contributed by atoms with Gasteiger partial charge in [0.1, 0.15) is 0 Å². The van der Waals surface area contributed by atoms with Gasteiger partial charge in [0, 0.05) is 0 Å². The summed E-state index contributed by atoms with van der Waals surface area (Å²) in [6.45, 7) is 3.69. The fraction of sp³-hybridized carbons (Fsp3) is 0.786. The van der Waals surface area contributed by atoms with Crippen LogP contribution in [0.3, 0.4) is 0 Å². The molecule has 0 N–H and O–H groups in total. The summed E-state index contributed by atoms with van der Waals surface area (Å²) < 4.78 is 48.4. The Morgan fingerprint density at radius 1 is 0.957 bits per heavy atom. The van der Waals surface area contributed by atoms with Crippen molar-refractivity contribution in [3.8, 4) is 0 Å². The Labute approximate surface area is 132 Å². The molecule has 0 amide bonds. The highest BCUT2D eigenvalue weighted by Crippen LogP contribution is 2.32. The molecular weight excluding hydrogens is 321 g/mol. The Bertz CT molecular complexity index is 433. The summed E-state index contributed by atoms with van der Waals surface area (Å²) in [4.78, 5) is 34.2. The van der Waals surface area contributed by atoms with E-state index in [-0.39, 0.29) is 5.92 Å². The summed E-state index contributed by atoms with van der Waals surface area (Å²) in [5, 5.41) is 0. The highest BCUT2D eigenvalue weighted by atomic mass is 19.4. The first-order chi connectivity index (χ1) is 10.4. The number of hydrogen-bond acceptors (Lipinski definition) is 6. The summed E-state index contributed by atoms with van der Waals surface area (Å²) in [5.74, 6) is -3.01. The van der Waals surface area contributed by atoms with E-state index in [4.69, 9.17) is 4.74 Å². The predicted molar refractivity (Wildman–Crippen MR) is 72.2 cm³/mol. The van der Waals surface area contributed by atoms with Crippen LogP contribution in [0.4, 0.5) is 13.2 Å². The average Bonchev–Trinajstić information content (AvgIpc) is 2.46. The van der Waals surface area contributed by atoms with Gasteiger partial charge in [-0.1, -0.05) is 20.8 Å². The third-order valence-corrected chi connectivity index (χ3v) is 3.54. The van der Waals surface area contributed by atoms with Crippen molar-refractivity contribution in [2.75, 3.05) is 19.8 Å². The van der Waals surface area contributed by atoms with E-state index in [1.165, 1.54) is 0 Å². The van der Waals surface area contributed by atoms with Crippen LogP contribution in [0.1, 0.15) is 34.1 Å². The number of alkyl halides is 3. The van der Waals surface area contributed by atoms with E-state index < -0.39 is 49.3 Å². The van der Waals surface area contributed by atoms with E-state index >= 15 is 0 Å². The number of ether oxygens (including phenoxy) is 3. The summed E-state index contributed by atoms with van der Waals surface area (Å²) in [5.41, 5.74) is -0.772. The number of carbonyl (C=O) groups excluding carboxylic acids is 3. The Morgan fingerprint density at radius 2 is 1.43 bits per heavy atom. The first kappa shape index (κ1) is 21.2. The van der Waals surface area contributed by atoms with Gasteiger partial charge < -0.3 is 14.2 Å². The van der Waals surface area contributed by atoms with Gasteiger partial charge in [0.25, 0.3) is 0 Å². The predicted octanol–water partition coefficient (Wildman–Crippen LogP) is 2.25. The lowest BCUT2D eigenvalue weighted by Crippen LogP contribution is -2.35. The van der Waals surface area contributed by atoms with E-state index in [9.17, 15) is 27.6 Å². The number of esters is 3. The smallest absolute Gasteiger partial charge is 0.422 e. The molecule has 134 valence electrons. The molecule has 0 aliphatic carbocycles. The average molecular weight is 342 g/mol. The maximum absolute atomic E-state index is 11.9. The van der Waals surface area contributed by atoms with Crippen molar-refractivity contribution in [2.24, 2.45) is 11.3 Å². The minimum absolute atomic E-state index is 0.0200. The summed E-state index contributed by atoms with van der Waals surface area (Å²) >= 11 is 0. The van der Waals surface area contributed by atoms with Crippen LogP contribution in [-0.4, -0.2) is 43.9 Å².